The molecule has 0 fully saturated rings. The van der Waals surface area contributed by atoms with Crippen LogP contribution in [-0.4, -0.2) is 54.7 Å². The van der Waals surface area contributed by atoms with E-state index in [1.807, 2.05) is 0 Å². The minimum atomic E-state index is -0.726. The molecule has 0 radical (unpaired) electrons. The van der Waals surface area contributed by atoms with E-state index in [0.29, 0.717) is 0 Å². The van der Waals surface area contributed by atoms with Gasteiger partial charge in [-0.25, -0.2) is 4.79 Å². The smallest absolute Gasteiger partial charge is 0.361 e. The maximum Gasteiger partial charge on any atom is 0.361 e. The van der Waals surface area contributed by atoms with Gasteiger partial charge < -0.3 is 24.3 Å². The van der Waals surface area contributed by atoms with E-state index in [4.69, 9.17) is 14.2 Å². The van der Waals surface area contributed by atoms with Crippen LogP contribution in [-0.2, 0) is 20.8 Å². The number of hydrogen-bond acceptors (Lipinski definition) is 7. The van der Waals surface area contributed by atoms with E-state index in [1.54, 1.807) is 0 Å². The Hall–Kier alpha value is -2.00. The molecule has 0 N–H and O–H groups in total. The van der Waals surface area contributed by atoms with E-state index < -0.39 is 10.9 Å². The fourth-order valence-electron chi connectivity index (χ4n) is 1.29. The first-order valence-corrected chi connectivity index (χ1v) is 5.47. The lowest BCUT2D eigenvalue weighted by molar-refractivity contribution is -0.392. The highest BCUT2D eigenvalue weighted by molar-refractivity contribution is 5.87. The van der Waals surface area contributed by atoms with Crippen molar-refractivity contribution in [2.45, 2.75) is 6.54 Å². The van der Waals surface area contributed by atoms with Crippen LogP contribution in [0, 0.1) is 10.1 Å². The fourth-order valence-corrected chi connectivity index (χ4v) is 1.29. The predicted octanol–water partition coefficient (Wildman–Crippen LogP) is 0.241. The molecule has 9 nitrogen and oxygen atoms in total. The van der Waals surface area contributed by atoms with Gasteiger partial charge in [0.25, 0.3) is 0 Å². The molecule has 19 heavy (non-hydrogen) atoms. The van der Waals surface area contributed by atoms with Crippen molar-refractivity contribution in [1.82, 2.24) is 9.78 Å². The number of rotatable bonds is 8. The lowest BCUT2D eigenvalue weighted by atomic mass is 10.4. The zero-order valence-corrected chi connectivity index (χ0v) is 10.7. The summed E-state index contributed by atoms with van der Waals surface area (Å²) in [5, 5.41) is 14.6. The van der Waals surface area contributed by atoms with E-state index in [-0.39, 0.29) is 37.9 Å². The molecule has 1 heterocycles. The lowest BCUT2D eigenvalue weighted by Gasteiger charge is -2.00. The van der Waals surface area contributed by atoms with Crippen LogP contribution in [0.1, 0.15) is 10.5 Å². The summed E-state index contributed by atoms with van der Waals surface area (Å²) in [6, 6.07) is 1.07. The van der Waals surface area contributed by atoms with Crippen molar-refractivity contribution in [2.24, 2.45) is 0 Å². The van der Waals surface area contributed by atoms with Gasteiger partial charge in [-0.2, -0.15) is 0 Å². The van der Waals surface area contributed by atoms with Gasteiger partial charge in [0.15, 0.2) is 5.69 Å². The molecule has 0 atom stereocenters. The molecule has 0 aliphatic heterocycles. The van der Waals surface area contributed by atoms with Crippen LogP contribution in [0.15, 0.2) is 6.07 Å². The summed E-state index contributed by atoms with van der Waals surface area (Å²) in [7, 11) is 2.94. The van der Waals surface area contributed by atoms with Crippen LogP contribution in [0.5, 0.6) is 0 Å². The number of carbonyl (C=O) groups excluding carboxylic acids is 1. The molecule has 0 aliphatic rings. The summed E-state index contributed by atoms with van der Waals surface area (Å²) >= 11 is 0. The van der Waals surface area contributed by atoms with Crippen LogP contribution in [0.25, 0.3) is 0 Å². The van der Waals surface area contributed by atoms with Crippen molar-refractivity contribution in [3.8, 4) is 0 Å². The van der Waals surface area contributed by atoms with E-state index >= 15 is 0 Å². The first-order chi connectivity index (χ1) is 9.10. The van der Waals surface area contributed by atoms with Crippen molar-refractivity contribution in [1.29, 1.82) is 0 Å². The van der Waals surface area contributed by atoms with Gasteiger partial charge in [0.1, 0.15) is 13.2 Å². The highest BCUT2D eigenvalue weighted by atomic mass is 16.6. The van der Waals surface area contributed by atoms with E-state index in [9.17, 15) is 14.9 Å². The second-order valence-corrected chi connectivity index (χ2v) is 3.49. The first kappa shape index (κ1) is 15.1. The van der Waals surface area contributed by atoms with Crippen molar-refractivity contribution in [3.05, 3.63) is 21.9 Å². The van der Waals surface area contributed by atoms with Crippen molar-refractivity contribution < 1.29 is 23.9 Å². The zero-order valence-electron chi connectivity index (χ0n) is 10.7. The molecule has 0 unspecified atom stereocenters. The van der Waals surface area contributed by atoms with Gasteiger partial charge in [-0.15, -0.1) is 4.68 Å². The predicted molar refractivity (Wildman–Crippen MR) is 62.9 cm³/mol. The third-order valence-corrected chi connectivity index (χ3v) is 2.18. The molecule has 0 saturated carbocycles. The Labute approximate surface area is 109 Å². The van der Waals surface area contributed by atoms with Crippen LogP contribution in [0.4, 0.5) is 5.82 Å². The first-order valence-electron chi connectivity index (χ1n) is 5.47. The third kappa shape index (κ3) is 4.30. The highest BCUT2D eigenvalue weighted by Crippen LogP contribution is 2.14. The second-order valence-electron chi connectivity index (χ2n) is 3.49. The second kappa shape index (κ2) is 7.44. The minimum Gasteiger partial charge on any atom is -0.458 e. The average Bonchev–Trinajstić information content (AvgIpc) is 2.80. The Bertz CT molecular complexity index is 444. The van der Waals surface area contributed by atoms with E-state index in [2.05, 4.69) is 5.10 Å². The molecule has 0 amide bonds. The summed E-state index contributed by atoms with van der Waals surface area (Å²) < 4.78 is 15.5. The van der Waals surface area contributed by atoms with Crippen LogP contribution in [0.2, 0.25) is 0 Å². The fraction of sp³-hybridized carbons (Fsp3) is 0.600. The standard InChI is InChI=1S/C10H15N3O6/c1-17-4-3-12-9(13(15)16)7-8(11-12)10(14)19-6-5-18-2/h7H,3-6H2,1-2H3. The third-order valence-electron chi connectivity index (χ3n) is 2.18. The maximum absolute atomic E-state index is 11.6. The monoisotopic (exact) mass is 273 g/mol. The minimum absolute atomic E-state index is 0.0636. The lowest BCUT2D eigenvalue weighted by Crippen LogP contribution is -2.12. The summed E-state index contributed by atoms with van der Waals surface area (Å²) in [6.07, 6.45) is 0. The SMILES string of the molecule is COCCOC(=O)c1cc([N+](=O)[O-])n(CCOC)n1. The van der Waals surface area contributed by atoms with Gasteiger partial charge in [0, 0.05) is 14.2 Å². The average molecular weight is 273 g/mol. The molecule has 1 aromatic heterocycles. The topological polar surface area (TPSA) is 106 Å². The number of carbonyl (C=O) groups is 1. The summed E-state index contributed by atoms with van der Waals surface area (Å²) in [4.78, 5) is 21.8. The van der Waals surface area contributed by atoms with E-state index in [1.165, 1.54) is 14.2 Å². The molecular weight excluding hydrogens is 258 g/mol. The quantitative estimate of drug-likeness (QED) is 0.289. The number of nitrogens with zero attached hydrogens (tertiary/aromatic N) is 3. The van der Waals surface area contributed by atoms with Crippen LogP contribution in [0.3, 0.4) is 0 Å². The molecule has 9 heteroatoms. The molecule has 0 aromatic carbocycles. The maximum atomic E-state index is 11.6. The number of esters is 1. The molecule has 0 bridgehead atoms. The molecule has 0 saturated heterocycles. The molecule has 1 aromatic rings. The van der Waals surface area contributed by atoms with Crippen molar-refractivity contribution >= 4 is 11.8 Å². The number of nitro groups is 1. The Kier molecular flexibility index (Phi) is 5.90. The number of ether oxygens (including phenoxy) is 3. The molecule has 0 spiro atoms. The largest absolute Gasteiger partial charge is 0.458 e. The molecule has 1 rings (SSSR count). The van der Waals surface area contributed by atoms with Crippen molar-refractivity contribution in [3.63, 3.8) is 0 Å². The van der Waals surface area contributed by atoms with Gasteiger partial charge in [-0.05, 0) is 4.92 Å². The van der Waals surface area contributed by atoms with Crippen LogP contribution < -0.4 is 0 Å². The zero-order chi connectivity index (χ0) is 14.3. The Morgan fingerprint density at radius 2 is 2.05 bits per heavy atom. The van der Waals surface area contributed by atoms with Gasteiger partial charge >= 0.3 is 11.8 Å². The highest BCUT2D eigenvalue weighted by Gasteiger charge is 2.23. The summed E-state index contributed by atoms with van der Waals surface area (Å²) in [5.74, 6) is -1.01. The number of methoxy groups -OCH3 is 2. The van der Waals surface area contributed by atoms with E-state index in [0.717, 1.165) is 10.7 Å². The Balaban J connectivity index is 2.78. The summed E-state index contributed by atoms with van der Waals surface area (Å²) in [5.41, 5.74) is -0.112. The normalized spacial score (nSPS) is 10.4. The van der Waals surface area contributed by atoms with Gasteiger partial charge in [-0.3, -0.25) is 0 Å². The Morgan fingerprint density at radius 3 is 2.63 bits per heavy atom. The summed E-state index contributed by atoms with van der Waals surface area (Å²) in [6.45, 7) is 0.741. The van der Waals surface area contributed by atoms with Crippen molar-refractivity contribution in [2.75, 3.05) is 34.0 Å². The van der Waals surface area contributed by atoms with Gasteiger partial charge in [-0.1, -0.05) is 5.10 Å². The van der Waals surface area contributed by atoms with Gasteiger partial charge in [0.2, 0.25) is 0 Å². The molecule has 106 valence electrons. The molecule has 0 aliphatic carbocycles. The number of aromatic nitrogens is 2. The van der Waals surface area contributed by atoms with Gasteiger partial charge in [0.05, 0.1) is 19.3 Å². The Morgan fingerprint density at radius 1 is 1.37 bits per heavy atom. The number of hydrogen-bond donors (Lipinski definition) is 0. The molecular formula is C10H15N3O6. The van der Waals surface area contributed by atoms with Crippen LogP contribution >= 0.6 is 0 Å².